The van der Waals surface area contributed by atoms with Crippen LogP contribution in [-0.2, 0) is 11.2 Å². The zero-order valence-corrected chi connectivity index (χ0v) is 11.2. The summed E-state index contributed by atoms with van der Waals surface area (Å²) in [5.41, 5.74) is 1.91. The van der Waals surface area contributed by atoms with Gasteiger partial charge in [-0.1, -0.05) is 22.9 Å². The fourth-order valence-electron chi connectivity index (χ4n) is 1.81. The van der Waals surface area contributed by atoms with Crippen LogP contribution in [0.15, 0.2) is 10.5 Å². The van der Waals surface area contributed by atoms with Crippen LogP contribution in [0.5, 0.6) is 11.5 Å². The van der Waals surface area contributed by atoms with E-state index in [2.05, 4.69) is 15.9 Å². The quantitative estimate of drug-likeness (QED) is 0.932. The summed E-state index contributed by atoms with van der Waals surface area (Å²) >= 11 is 3.44. The van der Waals surface area contributed by atoms with Crippen molar-refractivity contribution in [2.45, 2.75) is 20.3 Å². The van der Waals surface area contributed by atoms with Gasteiger partial charge in [0, 0.05) is 10.0 Å². The van der Waals surface area contributed by atoms with E-state index in [4.69, 9.17) is 14.6 Å². The predicted octanol–water partition coefficient (Wildman–Crippen LogP) is 2.75. The number of carboxylic acids is 1. The lowest BCUT2D eigenvalue weighted by Crippen LogP contribution is -2.13. The smallest absolute Gasteiger partial charge is 0.306 e. The Morgan fingerprint density at radius 1 is 1.59 bits per heavy atom. The first-order valence-corrected chi connectivity index (χ1v) is 6.10. The molecule has 1 aliphatic heterocycles. The van der Waals surface area contributed by atoms with E-state index < -0.39 is 11.9 Å². The first-order valence-electron chi connectivity index (χ1n) is 5.31. The molecule has 0 saturated carbocycles. The molecule has 0 amide bonds. The van der Waals surface area contributed by atoms with Gasteiger partial charge in [-0.15, -0.1) is 0 Å². The van der Waals surface area contributed by atoms with Gasteiger partial charge < -0.3 is 14.6 Å². The SMILES string of the molecule is Cc1c(Br)cc2c(c1CC(C)C(=O)O)OCO2. The minimum absolute atomic E-state index is 0.194. The van der Waals surface area contributed by atoms with Crippen LogP contribution in [0.3, 0.4) is 0 Å². The topological polar surface area (TPSA) is 55.8 Å². The average molecular weight is 301 g/mol. The molecule has 2 rings (SSSR count). The summed E-state index contributed by atoms with van der Waals surface area (Å²) in [6.07, 6.45) is 0.437. The molecule has 1 atom stereocenters. The lowest BCUT2D eigenvalue weighted by molar-refractivity contribution is -0.141. The van der Waals surface area contributed by atoms with E-state index in [1.807, 2.05) is 13.0 Å². The average Bonchev–Trinajstić information content (AvgIpc) is 2.71. The third-order valence-electron chi connectivity index (χ3n) is 2.92. The molecule has 0 aromatic heterocycles. The fraction of sp³-hybridized carbons (Fsp3) is 0.417. The number of halogens is 1. The fourth-order valence-corrected chi connectivity index (χ4v) is 2.26. The second kappa shape index (κ2) is 4.56. The largest absolute Gasteiger partial charge is 0.481 e. The van der Waals surface area contributed by atoms with Gasteiger partial charge in [0.25, 0.3) is 0 Å². The van der Waals surface area contributed by atoms with Crippen LogP contribution < -0.4 is 9.47 Å². The Balaban J connectivity index is 2.42. The zero-order valence-electron chi connectivity index (χ0n) is 9.62. The molecule has 1 aromatic rings. The van der Waals surface area contributed by atoms with Crippen LogP contribution in [0.1, 0.15) is 18.1 Å². The van der Waals surface area contributed by atoms with Crippen molar-refractivity contribution >= 4 is 21.9 Å². The Kier molecular flexibility index (Phi) is 3.28. The van der Waals surface area contributed by atoms with Gasteiger partial charge in [-0.2, -0.15) is 0 Å². The molecule has 0 bridgehead atoms. The standard InChI is InChI=1S/C12H13BrO4/c1-6(12(14)15)3-8-7(2)9(13)4-10-11(8)17-5-16-10/h4,6H,3,5H2,1-2H3,(H,14,15). The molecule has 0 spiro atoms. The van der Waals surface area contributed by atoms with Crippen LogP contribution in [0.2, 0.25) is 0 Å². The second-order valence-electron chi connectivity index (χ2n) is 4.14. The van der Waals surface area contributed by atoms with Gasteiger partial charge in [0.15, 0.2) is 11.5 Å². The molecule has 5 heteroatoms. The zero-order chi connectivity index (χ0) is 12.6. The van der Waals surface area contributed by atoms with Crippen molar-refractivity contribution in [3.05, 3.63) is 21.7 Å². The number of ether oxygens (including phenoxy) is 2. The number of carbonyl (C=O) groups is 1. The van der Waals surface area contributed by atoms with Gasteiger partial charge in [-0.3, -0.25) is 4.79 Å². The molecule has 1 aliphatic rings. The summed E-state index contributed by atoms with van der Waals surface area (Å²) in [7, 11) is 0. The van der Waals surface area contributed by atoms with Crippen molar-refractivity contribution in [3.63, 3.8) is 0 Å². The van der Waals surface area contributed by atoms with Crippen molar-refractivity contribution in [3.8, 4) is 11.5 Å². The first kappa shape index (κ1) is 12.2. The maximum atomic E-state index is 10.9. The molecule has 1 N–H and O–H groups in total. The van der Waals surface area contributed by atoms with Gasteiger partial charge in [0.1, 0.15) is 0 Å². The van der Waals surface area contributed by atoms with E-state index in [9.17, 15) is 4.79 Å². The number of carboxylic acid groups (broad SMARTS) is 1. The highest BCUT2D eigenvalue weighted by Crippen LogP contribution is 2.42. The molecule has 0 radical (unpaired) electrons. The van der Waals surface area contributed by atoms with Crippen molar-refractivity contribution < 1.29 is 19.4 Å². The molecule has 17 heavy (non-hydrogen) atoms. The third kappa shape index (κ3) is 2.24. The van der Waals surface area contributed by atoms with Crippen molar-refractivity contribution in [2.24, 2.45) is 5.92 Å². The Morgan fingerprint density at radius 2 is 2.29 bits per heavy atom. The molecule has 1 heterocycles. The van der Waals surface area contributed by atoms with Gasteiger partial charge >= 0.3 is 5.97 Å². The van der Waals surface area contributed by atoms with E-state index in [0.29, 0.717) is 17.9 Å². The number of hydrogen-bond acceptors (Lipinski definition) is 3. The van der Waals surface area contributed by atoms with Gasteiger partial charge in [0.2, 0.25) is 6.79 Å². The molecule has 1 unspecified atom stereocenters. The summed E-state index contributed by atoms with van der Waals surface area (Å²) in [6, 6.07) is 1.85. The number of rotatable bonds is 3. The second-order valence-corrected chi connectivity index (χ2v) is 4.99. The Hall–Kier alpha value is -1.23. The molecule has 1 aromatic carbocycles. The molecule has 0 aliphatic carbocycles. The molecule has 4 nitrogen and oxygen atoms in total. The van der Waals surface area contributed by atoms with Crippen molar-refractivity contribution in [1.29, 1.82) is 0 Å². The van der Waals surface area contributed by atoms with E-state index >= 15 is 0 Å². The number of benzene rings is 1. The molecular weight excluding hydrogens is 288 g/mol. The summed E-state index contributed by atoms with van der Waals surface area (Å²) in [5.74, 6) is 0.0993. The predicted molar refractivity (Wildman–Crippen MR) is 65.5 cm³/mol. The van der Waals surface area contributed by atoms with Crippen LogP contribution in [0, 0.1) is 12.8 Å². The highest BCUT2D eigenvalue weighted by molar-refractivity contribution is 9.10. The Labute approximate surface area is 108 Å². The van der Waals surface area contributed by atoms with E-state index in [1.54, 1.807) is 6.92 Å². The maximum absolute atomic E-state index is 10.9. The Bertz CT molecular complexity index is 470. The van der Waals surface area contributed by atoms with Gasteiger partial charge in [-0.05, 0) is 25.0 Å². The lowest BCUT2D eigenvalue weighted by atomic mass is 9.96. The lowest BCUT2D eigenvalue weighted by Gasteiger charge is -2.13. The summed E-state index contributed by atoms with van der Waals surface area (Å²) in [6.45, 7) is 3.82. The van der Waals surface area contributed by atoms with Crippen LogP contribution in [0.4, 0.5) is 0 Å². The number of aliphatic carboxylic acids is 1. The summed E-state index contributed by atoms with van der Waals surface area (Å²) < 4.78 is 11.6. The number of hydrogen-bond donors (Lipinski definition) is 1. The summed E-state index contributed by atoms with van der Waals surface area (Å²) in [5, 5.41) is 8.97. The van der Waals surface area contributed by atoms with Crippen LogP contribution in [0.25, 0.3) is 0 Å². The van der Waals surface area contributed by atoms with E-state index in [0.717, 1.165) is 15.6 Å². The van der Waals surface area contributed by atoms with Crippen molar-refractivity contribution in [1.82, 2.24) is 0 Å². The Morgan fingerprint density at radius 3 is 2.94 bits per heavy atom. The van der Waals surface area contributed by atoms with E-state index in [1.165, 1.54) is 0 Å². The number of fused-ring (bicyclic) bond motifs is 1. The van der Waals surface area contributed by atoms with E-state index in [-0.39, 0.29) is 6.79 Å². The summed E-state index contributed by atoms with van der Waals surface area (Å²) in [4.78, 5) is 10.9. The molecule has 0 fully saturated rings. The minimum Gasteiger partial charge on any atom is -0.481 e. The van der Waals surface area contributed by atoms with Gasteiger partial charge in [0.05, 0.1) is 5.92 Å². The monoisotopic (exact) mass is 300 g/mol. The molecule has 0 saturated heterocycles. The molecular formula is C12H13BrO4. The highest BCUT2D eigenvalue weighted by Gasteiger charge is 2.24. The third-order valence-corrected chi connectivity index (χ3v) is 3.74. The molecule has 92 valence electrons. The maximum Gasteiger partial charge on any atom is 0.306 e. The van der Waals surface area contributed by atoms with Crippen molar-refractivity contribution in [2.75, 3.05) is 6.79 Å². The highest BCUT2D eigenvalue weighted by atomic mass is 79.9. The van der Waals surface area contributed by atoms with Crippen LogP contribution >= 0.6 is 15.9 Å². The van der Waals surface area contributed by atoms with Crippen LogP contribution in [-0.4, -0.2) is 17.9 Å². The first-order chi connectivity index (χ1) is 8.00. The minimum atomic E-state index is -0.808. The normalized spacial score (nSPS) is 14.8. The van der Waals surface area contributed by atoms with Gasteiger partial charge in [-0.25, -0.2) is 0 Å².